The fraction of sp³-hybridized carbons (Fsp3) is 0.333. The molecule has 3 rings (SSSR count). The highest BCUT2D eigenvalue weighted by molar-refractivity contribution is 7.89. The van der Waals surface area contributed by atoms with Crippen LogP contribution in [0.3, 0.4) is 0 Å². The number of pyridine rings is 1. The van der Waals surface area contributed by atoms with E-state index >= 15 is 0 Å². The summed E-state index contributed by atoms with van der Waals surface area (Å²) in [5.74, 6) is 0.00345. The number of carbonyl (C=O) groups is 1. The molecule has 10 heteroatoms. The Bertz CT molecular complexity index is 1070. The van der Waals surface area contributed by atoms with Gasteiger partial charge in [0, 0.05) is 31.0 Å². The van der Waals surface area contributed by atoms with Crippen LogP contribution in [0.1, 0.15) is 18.4 Å². The molecule has 1 atom stereocenters. The van der Waals surface area contributed by atoms with E-state index in [-0.39, 0.29) is 10.8 Å². The number of nitrogens with one attached hydrogen (secondary N) is 1. The highest BCUT2D eigenvalue weighted by Crippen LogP contribution is 2.26. The van der Waals surface area contributed by atoms with Crippen molar-refractivity contribution in [2.75, 3.05) is 13.1 Å². The van der Waals surface area contributed by atoms with Crippen molar-refractivity contribution >= 4 is 28.5 Å². The van der Waals surface area contributed by atoms with Gasteiger partial charge in [-0.3, -0.25) is 4.98 Å². The lowest BCUT2D eigenvalue weighted by atomic mass is 9.92. The predicted molar refractivity (Wildman–Crippen MR) is 115 cm³/mol. The number of hydrogen-bond donors (Lipinski definition) is 2. The first-order valence-electron chi connectivity index (χ1n) is 9.85. The number of sulfonamides is 1. The second-order valence-electron chi connectivity index (χ2n) is 7.34. The molecule has 0 radical (unpaired) electrons. The summed E-state index contributed by atoms with van der Waals surface area (Å²) in [7, 11) is -3.66. The molecule has 1 aliphatic heterocycles. The van der Waals surface area contributed by atoms with Crippen LogP contribution in [0.4, 0.5) is 10.5 Å². The number of amides is 2. The largest absolute Gasteiger partial charge is 0.495 e. The number of piperidine rings is 1. The van der Waals surface area contributed by atoms with Gasteiger partial charge in [0.1, 0.15) is 12.2 Å². The average Bonchev–Trinajstić information content (AvgIpc) is 2.82. The second-order valence-corrected chi connectivity index (χ2v) is 9.28. The van der Waals surface area contributed by atoms with Crippen molar-refractivity contribution in [1.29, 1.82) is 5.26 Å². The molecule has 2 amide bonds. The van der Waals surface area contributed by atoms with Gasteiger partial charge in [-0.05, 0) is 49.1 Å². The molecule has 162 valence electrons. The molecule has 0 bridgehead atoms. The van der Waals surface area contributed by atoms with Crippen LogP contribution >= 0.6 is 0 Å². The molecule has 1 aromatic heterocycles. The van der Waals surface area contributed by atoms with E-state index in [0.717, 1.165) is 5.56 Å². The summed E-state index contributed by atoms with van der Waals surface area (Å²) in [5, 5.41) is 11.7. The smallest absolute Gasteiger partial charge is 0.316 e. The van der Waals surface area contributed by atoms with Gasteiger partial charge >= 0.3 is 6.03 Å². The van der Waals surface area contributed by atoms with E-state index in [1.807, 2.05) is 12.1 Å². The zero-order chi connectivity index (χ0) is 22.4. The lowest BCUT2D eigenvalue weighted by Crippen LogP contribution is -2.42. The van der Waals surface area contributed by atoms with Gasteiger partial charge in [0.25, 0.3) is 0 Å². The molecular weight excluding hydrogens is 416 g/mol. The van der Waals surface area contributed by atoms with E-state index in [1.165, 1.54) is 21.0 Å². The van der Waals surface area contributed by atoms with Gasteiger partial charge in [-0.1, -0.05) is 6.07 Å². The maximum Gasteiger partial charge on any atom is 0.495 e. The van der Waals surface area contributed by atoms with E-state index < -0.39 is 22.1 Å². The molecule has 0 aliphatic carbocycles. The molecular formula is C21H25N6O3S+. The minimum Gasteiger partial charge on any atom is -0.316 e. The van der Waals surface area contributed by atoms with Gasteiger partial charge in [-0.25, -0.2) is 13.7 Å². The summed E-state index contributed by atoms with van der Waals surface area (Å²) < 4.78 is 28.4. The van der Waals surface area contributed by atoms with Gasteiger partial charge < -0.3 is 5.73 Å². The Kier molecular flexibility index (Phi) is 7.12. The number of aromatic nitrogens is 1. The predicted octanol–water partition coefficient (Wildman–Crippen LogP) is 1.59. The zero-order valence-electron chi connectivity index (χ0n) is 17.0. The number of urea groups is 1. The molecule has 1 saturated heterocycles. The third-order valence-electron chi connectivity index (χ3n) is 5.35. The van der Waals surface area contributed by atoms with Crippen molar-refractivity contribution in [3.05, 3.63) is 54.4 Å². The van der Waals surface area contributed by atoms with Crippen LogP contribution in [0, 0.1) is 17.2 Å². The van der Waals surface area contributed by atoms with E-state index in [4.69, 9.17) is 11.0 Å². The molecule has 2 aromatic rings. The van der Waals surface area contributed by atoms with Gasteiger partial charge in [-0.15, -0.1) is 0 Å². The number of carbonyl (C=O) groups excluding carboxylic acids is 1. The lowest BCUT2D eigenvalue weighted by molar-refractivity contribution is -0.323. The summed E-state index contributed by atoms with van der Waals surface area (Å²) in [6, 6.07) is 10.7. The Morgan fingerprint density at radius 2 is 2.00 bits per heavy atom. The van der Waals surface area contributed by atoms with Gasteiger partial charge in [0.2, 0.25) is 10.0 Å². The minimum absolute atomic E-state index is 0.00345. The molecule has 31 heavy (non-hydrogen) atoms. The summed E-state index contributed by atoms with van der Waals surface area (Å²) in [6.07, 6.45) is 4.41. The maximum atomic E-state index is 12.9. The Labute approximate surface area is 181 Å². The Hall–Kier alpha value is -3.13. The first kappa shape index (κ1) is 22.6. The maximum absolute atomic E-state index is 12.9. The second kappa shape index (κ2) is 9.78. The molecule has 1 fully saturated rings. The zero-order valence-corrected chi connectivity index (χ0v) is 17.8. The fourth-order valence-electron chi connectivity index (χ4n) is 3.42. The summed E-state index contributed by atoms with van der Waals surface area (Å²) >= 11 is 0. The third-order valence-corrected chi connectivity index (χ3v) is 7.27. The number of nitriles is 1. The summed E-state index contributed by atoms with van der Waals surface area (Å²) in [6.45, 7) is 4.69. The minimum atomic E-state index is -3.66. The van der Waals surface area contributed by atoms with Crippen LogP contribution < -0.4 is 11.1 Å². The van der Waals surface area contributed by atoms with E-state index in [0.29, 0.717) is 38.2 Å². The number of benzene rings is 1. The van der Waals surface area contributed by atoms with E-state index in [9.17, 15) is 13.2 Å². The average molecular weight is 442 g/mol. The van der Waals surface area contributed by atoms with Crippen LogP contribution in [-0.4, -0.2) is 54.2 Å². The highest BCUT2D eigenvalue weighted by atomic mass is 32.2. The Balaban J connectivity index is 1.62. The van der Waals surface area contributed by atoms with Crippen molar-refractivity contribution in [3.63, 3.8) is 0 Å². The molecule has 1 aromatic carbocycles. The molecule has 1 aliphatic rings. The van der Waals surface area contributed by atoms with Gasteiger partial charge in [0.15, 0.2) is 0 Å². The molecule has 3 N–H and O–H groups in total. The normalized spacial score (nSPS) is 16.3. The number of hydrogen-bond acceptors (Lipinski definition) is 6. The van der Waals surface area contributed by atoms with Crippen molar-refractivity contribution in [2.45, 2.75) is 30.3 Å². The molecule has 1 unspecified atom stereocenters. The summed E-state index contributed by atoms with van der Waals surface area (Å²) in [5.41, 5.74) is 7.07. The van der Waals surface area contributed by atoms with Crippen molar-refractivity contribution in [2.24, 2.45) is 11.7 Å². The fourth-order valence-corrected chi connectivity index (χ4v) is 4.89. The quantitative estimate of drug-likeness (QED) is 0.517. The number of nitrogens with two attached hydrogens (primary N) is 1. The van der Waals surface area contributed by atoms with Crippen molar-refractivity contribution < 1.29 is 17.8 Å². The lowest BCUT2D eigenvalue weighted by Gasteiger charge is -2.32. The van der Waals surface area contributed by atoms with Crippen LogP contribution in [0.2, 0.25) is 0 Å². The van der Waals surface area contributed by atoms with Crippen LogP contribution in [-0.2, 0) is 16.6 Å². The molecule has 0 saturated carbocycles. The first-order chi connectivity index (χ1) is 14.8. The first-order valence-corrected chi connectivity index (χ1v) is 11.3. The topological polar surface area (TPSA) is 132 Å². The summed E-state index contributed by atoms with van der Waals surface area (Å²) in [4.78, 5) is 16.5. The molecule has 9 nitrogen and oxygen atoms in total. The van der Waals surface area contributed by atoms with E-state index in [2.05, 4.69) is 17.0 Å². The van der Waals surface area contributed by atoms with Gasteiger partial charge in [0.05, 0.1) is 23.7 Å². The molecule has 2 heterocycles. The van der Waals surface area contributed by atoms with Crippen LogP contribution in [0.25, 0.3) is 0 Å². The van der Waals surface area contributed by atoms with Crippen LogP contribution in [0.15, 0.2) is 53.7 Å². The highest BCUT2D eigenvalue weighted by Gasteiger charge is 2.31. The Morgan fingerprint density at radius 3 is 2.58 bits per heavy atom. The van der Waals surface area contributed by atoms with Crippen molar-refractivity contribution in [1.82, 2.24) is 14.6 Å². The Morgan fingerprint density at radius 1 is 1.32 bits per heavy atom. The van der Waals surface area contributed by atoms with Gasteiger partial charge in [-0.2, -0.15) is 18.9 Å². The SMILES string of the molecule is C=[N+](C(=O)NCc1cccnc1)c1ccc(S(=O)(=O)N2CCC(C(N)C#N)CC2)cc1. The van der Waals surface area contributed by atoms with Crippen molar-refractivity contribution in [3.8, 4) is 6.07 Å². The molecule has 0 spiro atoms. The monoisotopic (exact) mass is 441 g/mol. The number of nitrogens with zero attached hydrogens (tertiary/aromatic N) is 4. The van der Waals surface area contributed by atoms with Crippen LogP contribution in [0.5, 0.6) is 0 Å². The van der Waals surface area contributed by atoms with E-state index in [1.54, 1.807) is 30.6 Å². The number of rotatable bonds is 6. The third kappa shape index (κ3) is 5.32. The standard InChI is InChI=1S/C21H24N6O3S/c1-26(21(28)25-15-16-3-2-10-24-14-16)18-4-6-19(7-5-18)31(29,30)27-11-8-17(9-12-27)20(23)13-22/h2-7,10,14,17,20H,1,8-9,11-12,15,23H2/p+1.